The second kappa shape index (κ2) is 9.64. The van der Waals surface area contributed by atoms with Gasteiger partial charge in [0.1, 0.15) is 18.1 Å². The van der Waals surface area contributed by atoms with Crippen LogP contribution in [0.15, 0.2) is 71.2 Å². The first-order valence-electron chi connectivity index (χ1n) is 10.6. The first kappa shape index (κ1) is 21.6. The normalized spacial score (nSPS) is 15.9. The number of hydrogen-bond donors (Lipinski definition) is 0. The van der Waals surface area contributed by atoms with E-state index in [1.54, 1.807) is 13.2 Å². The molecule has 0 unspecified atom stereocenters. The van der Waals surface area contributed by atoms with Gasteiger partial charge in [-0.1, -0.05) is 35.9 Å². The summed E-state index contributed by atoms with van der Waals surface area (Å²) in [5.41, 5.74) is 5.00. The summed E-state index contributed by atoms with van der Waals surface area (Å²) in [5.74, 6) is 1.08. The first-order valence-corrected chi connectivity index (χ1v) is 10.6. The molecule has 6 heteroatoms. The minimum Gasteiger partial charge on any atom is -0.496 e. The van der Waals surface area contributed by atoms with Gasteiger partial charge in [0.15, 0.2) is 0 Å². The van der Waals surface area contributed by atoms with Crippen molar-refractivity contribution >= 4 is 23.1 Å². The minimum atomic E-state index is -0.250. The number of carbonyl (C=O) groups excluding carboxylic acids is 2. The summed E-state index contributed by atoms with van der Waals surface area (Å²) in [4.78, 5) is 29.5. The summed E-state index contributed by atoms with van der Waals surface area (Å²) < 4.78 is 11.5. The van der Waals surface area contributed by atoms with Crippen molar-refractivity contribution in [1.29, 1.82) is 0 Å². The van der Waals surface area contributed by atoms with Crippen LogP contribution >= 0.6 is 0 Å². The van der Waals surface area contributed by atoms with Gasteiger partial charge in [-0.15, -0.1) is 0 Å². The van der Waals surface area contributed by atoms with Crippen LogP contribution in [-0.2, 0) is 16.2 Å². The summed E-state index contributed by atoms with van der Waals surface area (Å²) in [6.45, 7) is 1.07. The number of ether oxygens (including phenoxy) is 2. The molecule has 0 radical (unpaired) electrons. The van der Waals surface area contributed by atoms with Gasteiger partial charge in [0.2, 0.25) is 5.91 Å². The predicted octanol–water partition coefficient (Wildman–Crippen LogP) is 4.21. The third kappa shape index (κ3) is 4.97. The van der Waals surface area contributed by atoms with Crippen LogP contribution in [0.1, 0.15) is 30.4 Å². The van der Waals surface area contributed by atoms with Crippen LogP contribution in [-0.4, -0.2) is 43.1 Å². The predicted molar refractivity (Wildman–Crippen MR) is 124 cm³/mol. The van der Waals surface area contributed by atoms with E-state index < -0.39 is 0 Å². The maximum absolute atomic E-state index is 11.9. The summed E-state index contributed by atoms with van der Waals surface area (Å²) in [5, 5.41) is 0. The van der Waals surface area contributed by atoms with Crippen molar-refractivity contribution in [2.45, 2.75) is 25.9 Å². The maximum atomic E-state index is 11.9. The van der Waals surface area contributed by atoms with Gasteiger partial charge in [-0.2, -0.15) is 0 Å². The Balaban J connectivity index is 1.39. The number of imide groups is 1. The molecule has 0 atom stereocenters. The Hall–Kier alpha value is -3.67. The van der Waals surface area contributed by atoms with Gasteiger partial charge >= 0.3 is 0 Å². The van der Waals surface area contributed by atoms with E-state index in [1.807, 2.05) is 48.5 Å². The van der Waals surface area contributed by atoms with Crippen molar-refractivity contribution in [3.8, 4) is 11.5 Å². The van der Waals surface area contributed by atoms with E-state index in [2.05, 4.69) is 11.1 Å². The second-order valence-electron chi connectivity index (χ2n) is 7.88. The highest BCUT2D eigenvalue weighted by molar-refractivity contribution is 6.06. The molecule has 0 aromatic heterocycles. The molecule has 0 bridgehead atoms. The molecule has 4 rings (SSSR count). The number of allylic oxidation sites excluding steroid dienone is 1. The summed E-state index contributed by atoms with van der Waals surface area (Å²) in [6, 6.07) is 15.9. The topological polar surface area (TPSA) is 68.2 Å². The molecular formula is C26H26N2O4. The molecule has 0 saturated carbocycles. The standard InChI is InChI=1S/C26H26N2O4/c1-28-25(29)12-19(13-26(28)30)8-9-21-14-20(16-27-21)23-11-10-22(15-24(23)31-2)32-17-18-6-4-3-5-7-18/h3-7,10-12,14-15H,8-9,13,16-17H2,1-2H3. The van der Waals surface area contributed by atoms with E-state index in [0.717, 1.165) is 44.4 Å². The van der Waals surface area contributed by atoms with E-state index in [4.69, 9.17) is 9.47 Å². The third-order valence-corrected chi connectivity index (χ3v) is 5.67. The Labute approximate surface area is 187 Å². The average Bonchev–Trinajstić information content (AvgIpc) is 3.29. The molecule has 2 aliphatic heterocycles. The molecule has 32 heavy (non-hydrogen) atoms. The van der Waals surface area contributed by atoms with Crippen LogP contribution in [0.25, 0.3) is 5.57 Å². The molecule has 164 valence electrons. The SMILES string of the molecule is COc1cc(OCc2ccccc2)ccc1C1=CC(CCC2=CC(=O)N(C)C(=O)C2)=NC1. The molecule has 2 aromatic rings. The lowest BCUT2D eigenvalue weighted by atomic mass is 9.99. The van der Waals surface area contributed by atoms with Crippen LogP contribution in [0, 0.1) is 0 Å². The molecule has 0 N–H and O–H groups in total. The van der Waals surface area contributed by atoms with Gasteiger partial charge in [-0.3, -0.25) is 19.5 Å². The molecule has 0 fully saturated rings. The Bertz CT molecular complexity index is 1120. The van der Waals surface area contributed by atoms with Crippen molar-refractivity contribution in [2.75, 3.05) is 20.7 Å². The Morgan fingerprint density at radius 1 is 1.03 bits per heavy atom. The van der Waals surface area contributed by atoms with E-state index in [-0.39, 0.29) is 11.8 Å². The smallest absolute Gasteiger partial charge is 0.252 e. The second-order valence-corrected chi connectivity index (χ2v) is 7.88. The van der Waals surface area contributed by atoms with Crippen molar-refractivity contribution in [3.05, 3.63) is 77.4 Å². The molecule has 2 amide bonds. The molecule has 2 aliphatic rings. The van der Waals surface area contributed by atoms with Gasteiger partial charge in [-0.05, 0) is 42.2 Å². The minimum absolute atomic E-state index is 0.156. The zero-order valence-electron chi connectivity index (χ0n) is 18.3. The summed E-state index contributed by atoms with van der Waals surface area (Å²) in [7, 11) is 3.16. The highest BCUT2D eigenvalue weighted by Crippen LogP contribution is 2.33. The van der Waals surface area contributed by atoms with Gasteiger partial charge in [0, 0.05) is 36.9 Å². The zero-order chi connectivity index (χ0) is 22.5. The highest BCUT2D eigenvalue weighted by atomic mass is 16.5. The number of amides is 2. The van der Waals surface area contributed by atoms with Gasteiger partial charge in [0.05, 0.1) is 13.7 Å². The van der Waals surface area contributed by atoms with Gasteiger partial charge < -0.3 is 9.47 Å². The zero-order valence-corrected chi connectivity index (χ0v) is 18.3. The van der Waals surface area contributed by atoms with Crippen LogP contribution in [0.2, 0.25) is 0 Å². The van der Waals surface area contributed by atoms with Crippen LogP contribution in [0.5, 0.6) is 11.5 Å². The Morgan fingerprint density at radius 2 is 1.84 bits per heavy atom. The highest BCUT2D eigenvalue weighted by Gasteiger charge is 2.23. The fourth-order valence-corrected chi connectivity index (χ4v) is 3.77. The average molecular weight is 431 g/mol. The molecule has 0 spiro atoms. The molecule has 0 aliphatic carbocycles. The third-order valence-electron chi connectivity index (χ3n) is 5.67. The number of aliphatic imine (C=N–C) groups is 1. The quantitative estimate of drug-likeness (QED) is 0.589. The van der Waals surface area contributed by atoms with Gasteiger partial charge in [0.25, 0.3) is 5.91 Å². The Morgan fingerprint density at radius 3 is 2.59 bits per heavy atom. The van der Waals surface area contributed by atoms with E-state index in [0.29, 0.717) is 32.4 Å². The van der Waals surface area contributed by atoms with Crippen molar-refractivity contribution in [2.24, 2.45) is 4.99 Å². The lowest BCUT2D eigenvalue weighted by molar-refractivity contribution is -0.140. The molecule has 0 saturated heterocycles. The van der Waals surface area contributed by atoms with E-state index >= 15 is 0 Å². The largest absolute Gasteiger partial charge is 0.496 e. The number of methoxy groups -OCH3 is 1. The maximum Gasteiger partial charge on any atom is 0.252 e. The number of rotatable bonds is 8. The van der Waals surface area contributed by atoms with Gasteiger partial charge in [-0.25, -0.2) is 0 Å². The molecular weight excluding hydrogens is 404 g/mol. The Kier molecular flexibility index (Phi) is 6.50. The van der Waals surface area contributed by atoms with Crippen LogP contribution in [0.4, 0.5) is 0 Å². The lowest BCUT2D eigenvalue weighted by Gasteiger charge is -2.20. The monoisotopic (exact) mass is 430 g/mol. The first-order chi connectivity index (χ1) is 15.5. The fraction of sp³-hybridized carbons (Fsp3) is 0.269. The summed E-state index contributed by atoms with van der Waals surface area (Å²) in [6.07, 6.45) is 5.28. The summed E-state index contributed by atoms with van der Waals surface area (Å²) >= 11 is 0. The molecule has 2 heterocycles. The van der Waals surface area contributed by atoms with E-state index in [1.165, 1.54) is 7.05 Å². The fourth-order valence-electron chi connectivity index (χ4n) is 3.77. The lowest BCUT2D eigenvalue weighted by Crippen LogP contribution is -2.35. The van der Waals surface area contributed by atoms with Crippen LogP contribution < -0.4 is 9.47 Å². The van der Waals surface area contributed by atoms with Crippen molar-refractivity contribution < 1.29 is 19.1 Å². The number of hydrogen-bond acceptors (Lipinski definition) is 5. The van der Waals surface area contributed by atoms with E-state index in [9.17, 15) is 9.59 Å². The molecule has 6 nitrogen and oxygen atoms in total. The number of benzene rings is 2. The number of likely N-dealkylation sites (N-methyl/N-ethyl adjacent to an activating group) is 1. The van der Waals surface area contributed by atoms with Crippen molar-refractivity contribution in [1.82, 2.24) is 4.90 Å². The molecule has 2 aromatic carbocycles. The number of nitrogens with zero attached hydrogens (tertiary/aromatic N) is 2. The number of carbonyl (C=O) groups is 2. The van der Waals surface area contributed by atoms with Crippen molar-refractivity contribution in [3.63, 3.8) is 0 Å². The van der Waals surface area contributed by atoms with Crippen LogP contribution in [0.3, 0.4) is 0 Å².